The Morgan fingerprint density at radius 2 is 1.77 bits per heavy atom. The smallest absolute Gasteiger partial charge is 0.398 e. The SMILES string of the molecule is CC1(C)OB(C(F)=C2CC(c3cccc(Cl)c3)C2)OC1(C)C. The Labute approximate surface area is 136 Å². The zero-order chi connectivity index (χ0) is 16.1. The van der Waals surface area contributed by atoms with Crippen LogP contribution in [0.2, 0.25) is 5.02 Å². The van der Waals surface area contributed by atoms with Crippen molar-refractivity contribution in [1.29, 1.82) is 0 Å². The predicted octanol–water partition coefficient (Wildman–Crippen LogP) is 5.07. The molecule has 0 unspecified atom stereocenters. The zero-order valence-corrected chi connectivity index (χ0v) is 14.2. The predicted molar refractivity (Wildman–Crippen MR) is 87.6 cm³/mol. The lowest BCUT2D eigenvalue weighted by molar-refractivity contribution is 0.00578. The van der Waals surface area contributed by atoms with Crippen LogP contribution in [0, 0.1) is 0 Å². The largest absolute Gasteiger partial charge is 0.525 e. The van der Waals surface area contributed by atoms with Crippen molar-refractivity contribution >= 4 is 18.7 Å². The van der Waals surface area contributed by atoms with Crippen molar-refractivity contribution in [3.05, 3.63) is 46.2 Å². The van der Waals surface area contributed by atoms with Crippen LogP contribution in [-0.2, 0) is 9.31 Å². The van der Waals surface area contributed by atoms with E-state index in [-0.39, 0.29) is 5.73 Å². The van der Waals surface area contributed by atoms with Crippen LogP contribution in [0.1, 0.15) is 52.0 Å². The van der Waals surface area contributed by atoms with Crippen molar-refractivity contribution in [3.63, 3.8) is 0 Å². The van der Waals surface area contributed by atoms with Crippen LogP contribution in [-0.4, -0.2) is 18.3 Å². The van der Waals surface area contributed by atoms with Crippen molar-refractivity contribution in [3.8, 4) is 0 Å². The number of benzene rings is 1. The van der Waals surface area contributed by atoms with E-state index in [4.69, 9.17) is 20.9 Å². The third-order valence-electron chi connectivity index (χ3n) is 5.10. The Kier molecular flexibility index (Phi) is 3.91. The highest BCUT2D eigenvalue weighted by Crippen LogP contribution is 2.46. The fraction of sp³-hybridized carbons (Fsp3) is 0.529. The molecule has 1 saturated carbocycles. The second-order valence-corrected chi connectivity index (χ2v) is 7.64. The summed E-state index contributed by atoms with van der Waals surface area (Å²) >= 11 is 6.01. The molecule has 0 atom stereocenters. The average molecular weight is 323 g/mol. The summed E-state index contributed by atoms with van der Waals surface area (Å²) in [5, 5.41) is 0.723. The maximum atomic E-state index is 14.6. The van der Waals surface area contributed by atoms with Crippen LogP contribution in [0.5, 0.6) is 0 Å². The van der Waals surface area contributed by atoms with Crippen molar-refractivity contribution in [2.45, 2.75) is 57.7 Å². The van der Waals surface area contributed by atoms with Crippen LogP contribution in [0.4, 0.5) is 4.39 Å². The number of rotatable bonds is 2. The van der Waals surface area contributed by atoms with Gasteiger partial charge < -0.3 is 9.31 Å². The highest BCUT2D eigenvalue weighted by molar-refractivity contribution is 6.53. The monoisotopic (exact) mass is 322 g/mol. The summed E-state index contributed by atoms with van der Waals surface area (Å²) < 4.78 is 26.1. The summed E-state index contributed by atoms with van der Waals surface area (Å²) in [5.74, 6) is 0.335. The molecule has 1 saturated heterocycles. The molecule has 0 amide bonds. The maximum absolute atomic E-state index is 14.6. The standard InChI is InChI=1S/C17H21BClFO2/c1-16(2)17(3,4)22-18(21-16)15(20)13-8-12(9-13)11-6-5-7-14(19)10-11/h5-7,10,12H,8-9H2,1-4H3. The summed E-state index contributed by atoms with van der Waals surface area (Å²) in [4.78, 5) is 0. The van der Waals surface area contributed by atoms with Gasteiger partial charge in [0.25, 0.3) is 0 Å². The van der Waals surface area contributed by atoms with E-state index in [2.05, 4.69) is 0 Å². The quantitative estimate of drug-likeness (QED) is 0.708. The molecular weight excluding hydrogens is 301 g/mol. The van der Waals surface area contributed by atoms with E-state index in [1.165, 1.54) is 0 Å². The first-order chi connectivity index (χ1) is 10.2. The Bertz CT molecular complexity index is 603. The Morgan fingerprint density at radius 3 is 2.32 bits per heavy atom. The van der Waals surface area contributed by atoms with Crippen LogP contribution in [0.3, 0.4) is 0 Å². The minimum atomic E-state index is -0.875. The van der Waals surface area contributed by atoms with Gasteiger partial charge in [0.15, 0.2) is 0 Å². The molecule has 2 nitrogen and oxygen atoms in total. The van der Waals surface area contributed by atoms with E-state index in [0.717, 1.165) is 16.2 Å². The summed E-state index contributed by atoms with van der Waals surface area (Å²) in [6.45, 7) is 7.72. The molecule has 118 valence electrons. The van der Waals surface area contributed by atoms with Crippen molar-refractivity contribution < 1.29 is 13.7 Å². The molecule has 0 N–H and O–H groups in total. The maximum Gasteiger partial charge on any atom is 0.525 e. The highest BCUT2D eigenvalue weighted by atomic mass is 35.5. The molecule has 2 aliphatic rings. The Morgan fingerprint density at radius 1 is 1.18 bits per heavy atom. The van der Waals surface area contributed by atoms with Gasteiger partial charge in [-0.3, -0.25) is 0 Å². The number of halogens is 2. The lowest BCUT2D eigenvalue weighted by atomic mass is 9.70. The second-order valence-electron chi connectivity index (χ2n) is 7.20. The van der Waals surface area contributed by atoms with Gasteiger partial charge in [0, 0.05) is 5.02 Å². The zero-order valence-electron chi connectivity index (χ0n) is 13.5. The normalized spacial score (nSPS) is 26.0. The summed E-state index contributed by atoms with van der Waals surface area (Å²) in [6.07, 6.45) is 1.41. The fourth-order valence-corrected chi connectivity index (χ4v) is 3.04. The van der Waals surface area contributed by atoms with Gasteiger partial charge in [-0.2, -0.15) is 0 Å². The highest BCUT2D eigenvalue weighted by Gasteiger charge is 2.54. The summed E-state index contributed by atoms with van der Waals surface area (Å²) in [6, 6.07) is 7.78. The molecule has 5 heteroatoms. The van der Waals surface area contributed by atoms with E-state index < -0.39 is 18.3 Å². The second kappa shape index (κ2) is 5.36. The van der Waals surface area contributed by atoms with Gasteiger partial charge in [-0.25, -0.2) is 4.39 Å². The van der Waals surface area contributed by atoms with E-state index in [0.29, 0.717) is 18.8 Å². The van der Waals surface area contributed by atoms with E-state index in [1.807, 2.05) is 52.0 Å². The molecule has 1 heterocycles. The van der Waals surface area contributed by atoms with Crippen LogP contribution in [0.15, 0.2) is 35.6 Å². The molecule has 2 fully saturated rings. The molecule has 1 aromatic rings. The molecule has 0 aromatic heterocycles. The Balaban J connectivity index is 1.70. The van der Waals surface area contributed by atoms with Gasteiger partial charge in [0.1, 0.15) is 5.73 Å². The van der Waals surface area contributed by atoms with Crippen molar-refractivity contribution in [1.82, 2.24) is 0 Å². The first-order valence-electron chi connectivity index (χ1n) is 7.68. The minimum Gasteiger partial charge on any atom is -0.398 e. The topological polar surface area (TPSA) is 18.5 Å². The molecule has 1 aliphatic heterocycles. The van der Waals surface area contributed by atoms with Gasteiger partial charge >= 0.3 is 7.12 Å². The van der Waals surface area contributed by atoms with Gasteiger partial charge in [-0.15, -0.1) is 0 Å². The number of hydrogen-bond donors (Lipinski definition) is 0. The fourth-order valence-electron chi connectivity index (χ4n) is 2.84. The van der Waals surface area contributed by atoms with Crippen LogP contribution >= 0.6 is 11.6 Å². The first kappa shape index (κ1) is 16.0. The average Bonchev–Trinajstić information content (AvgIpc) is 2.56. The van der Waals surface area contributed by atoms with E-state index >= 15 is 0 Å². The van der Waals surface area contributed by atoms with Gasteiger partial charge in [0.05, 0.1) is 11.2 Å². The summed E-state index contributed by atoms with van der Waals surface area (Å²) in [5.41, 5.74) is 0.690. The first-order valence-corrected chi connectivity index (χ1v) is 8.06. The third kappa shape index (κ3) is 2.73. The van der Waals surface area contributed by atoms with E-state index in [1.54, 1.807) is 0 Å². The number of allylic oxidation sites excluding steroid dienone is 1. The van der Waals surface area contributed by atoms with Crippen molar-refractivity contribution in [2.75, 3.05) is 0 Å². The van der Waals surface area contributed by atoms with Crippen molar-refractivity contribution in [2.24, 2.45) is 0 Å². The summed E-state index contributed by atoms with van der Waals surface area (Å²) in [7, 11) is -0.875. The molecular formula is C17H21BClFO2. The minimum absolute atomic E-state index is 0.253. The molecule has 0 spiro atoms. The molecule has 0 bridgehead atoms. The van der Waals surface area contributed by atoms with Gasteiger partial charge in [-0.1, -0.05) is 23.7 Å². The third-order valence-corrected chi connectivity index (χ3v) is 5.34. The lowest BCUT2D eigenvalue weighted by Gasteiger charge is -2.32. The van der Waals surface area contributed by atoms with E-state index in [9.17, 15) is 4.39 Å². The Hall–Kier alpha value is -0.835. The van der Waals surface area contributed by atoms with Crippen LogP contribution < -0.4 is 0 Å². The molecule has 3 rings (SSSR count). The molecule has 0 radical (unpaired) electrons. The lowest BCUT2D eigenvalue weighted by Crippen LogP contribution is -2.41. The van der Waals surface area contributed by atoms with Gasteiger partial charge in [-0.05, 0) is 69.7 Å². The number of hydrogen-bond acceptors (Lipinski definition) is 2. The molecule has 1 aliphatic carbocycles. The molecule has 1 aromatic carbocycles. The molecule has 22 heavy (non-hydrogen) atoms. The van der Waals surface area contributed by atoms with Gasteiger partial charge in [0.2, 0.25) is 0 Å². The van der Waals surface area contributed by atoms with Crippen LogP contribution in [0.25, 0.3) is 0 Å².